The maximum absolute atomic E-state index is 13.8. The van der Waals surface area contributed by atoms with E-state index in [2.05, 4.69) is 10.6 Å². The van der Waals surface area contributed by atoms with Crippen LogP contribution in [0.25, 0.3) is 0 Å². The summed E-state index contributed by atoms with van der Waals surface area (Å²) in [7, 11) is 1.69. The van der Waals surface area contributed by atoms with Crippen LogP contribution in [0.2, 0.25) is 0 Å². The first-order valence-corrected chi connectivity index (χ1v) is 10.6. The summed E-state index contributed by atoms with van der Waals surface area (Å²) in [5.41, 5.74) is 1.55. The number of amides is 2. The summed E-state index contributed by atoms with van der Waals surface area (Å²) < 4.78 is 13.8. The number of nitrogens with one attached hydrogen (secondary N) is 3. The maximum Gasteiger partial charge on any atom is 0.254 e. The van der Waals surface area contributed by atoms with Gasteiger partial charge in [-0.3, -0.25) is 9.59 Å². The van der Waals surface area contributed by atoms with Gasteiger partial charge in [0.15, 0.2) is 0 Å². The molecule has 0 aromatic heterocycles. The van der Waals surface area contributed by atoms with E-state index in [0.29, 0.717) is 23.2 Å². The van der Waals surface area contributed by atoms with Crippen LogP contribution in [0.5, 0.6) is 0 Å². The number of nitrogens with zero attached hydrogens (tertiary/aromatic N) is 2. The van der Waals surface area contributed by atoms with E-state index >= 15 is 0 Å². The summed E-state index contributed by atoms with van der Waals surface area (Å²) in [4.78, 5) is 28.7. The quantitative estimate of drug-likeness (QED) is 0.563. The fraction of sp³-hybridized carbons (Fsp3) is 0.280. The first-order chi connectivity index (χ1) is 15.8. The molecule has 1 aliphatic heterocycles. The molecule has 170 valence electrons. The molecule has 33 heavy (non-hydrogen) atoms. The van der Waals surface area contributed by atoms with Gasteiger partial charge in [-0.15, -0.1) is 0 Å². The number of carbonyl (C=O) groups excluding carboxylic acids is 2. The summed E-state index contributed by atoms with van der Waals surface area (Å²) in [6.07, 6.45) is 2.75. The number of hydrogen-bond donors (Lipinski definition) is 3. The minimum absolute atomic E-state index is 0.127. The number of carbonyl (C=O) groups is 2. The third-order valence-corrected chi connectivity index (χ3v) is 5.46. The Hall–Kier alpha value is -3.99. The van der Waals surface area contributed by atoms with E-state index in [4.69, 9.17) is 10.7 Å². The van der Waals surface area contributed by atoms with Gasteiger partial charge in [0.2, 0.25) is 5.91 Å². The van der Waals surface area contributed by atoms with Gasteiger partial charge < -0.3 is 20.9 Å². The Morgan fingerprint density at radius 2 is 2.03 bits per heavy atom. The van der Waals surface area contributed by atoms with Crippen molar-refractivity contribution in [2.24, 2.45) is 5.92 Å². The molecule has 7 nitrogen and oxygen atoms in total. The Labute approximate surface area is 192 Å². The van der Waals surface area contributed by atoms with E-state index in [0.717, 1.165) is 12.3 Å². The number of rotatable bonds is 7. The van der Waals surface area contributed by atoms with Crippen molar-refractivity contribution >= 4 is 23.7 Å². The normalized spacial score (nSPS) is 17.9. The average Bonchev–Trinajstić information content (AvgIpc) is 2.80. The molecule has 0 spiro atoms. The molecule has 0 saturated carbocycles. The van der Waals surface area contributed by atoms with Crippen molar-refractivity contribution < 1.29 is 14.0 Å². The second-order valence-electron chi connectivity index (χ2n) is 8.23. The molecular weight excluding hydrogens is 421 g/mol. The number of fused-ring (bicyclic) bond motifs is 1. The van der Waals surface area contributed by atoms with Crippen molar-refractivity contribution in [3.8, 4) is 6.07 Å². The third kappa shape index (κ3) is 4.77. The Kier molecular flexibility index (Phi) is 7.23. The molecule has 0 bridgehead atoms. The fourth-order valence-electron chi connectivity index (χ4n) is 4.13. The molecule has 1 aliphatic rings. The van der Waals surface area contributed by atoms with E-state index in [1.54, 1.807) is 48.5 Å². The second kappa shape index (κ2) is 10.1. The lowest BCUT2D eigenvalue weighted by Crippen LogP contribution is -2.53. The van der Waals surface area contributed by atoms with Crippen molar-refractivity contribution in [3.63, 3.8) is 0 Å². The van der Waals surface area contributed by atoms with Crippen molar-refractivity contribution in [2.45, 2.75) is 25.8 Å². The van der Waals surface area contributed by atoms with Crippen LogP contribution in [-0.4, -0.2) is 42.6 Å². The number of hydrogen-bond acceptors (Lipinski definition) is 5. The van der Waals surface area contributed by atoms with Gasteiger partial charge in [-0.05, 0) is 35.7 Å². The lowest BCUT2D eigenvalue weighted by molar-refractivity contribution is -0.118. The molecule has 0 saturated heterocycles. The van der Waals surface area contributed by atoms with Gasteiger partial charge in [0.05, 0.1) is 17.5 Å². The van der Waals surface area contributed by atoms with Crippen LogP contribution < -0.4 is 10.6 Å². The van der Waals surface area contributed by atoms with Crippen LogP contribution >= 0.6 is 0 Å². The Morgan fingerprint density at radius 3 is 2.67 bits per heavy atom. The summed E-state index contributed by atoms with van der Waals surface area (Å²) in [6.45, 7) is 4.35. The van der Waals surface area contributed by atoms with Crippen LogP contribution in [-0.2, 0) is 4.79 Å². The molecule has 2 atom stereocenters. The van der Waals surface area contributed by atoms with E-state index in [-0.39, 0.29) is 23.1 Å². The molecule has 3 rings (SSSR count). The van der Waals surface area contributed by atoms with Gasteiger partial charge in [-0.2, -0.15) is 5.26 Å². The monoisotopic (exact) mass is 447 g/mol. The minimum atomic E-state index is -0.825. The van der Waals surface area contributed by atoms with Crippen molar-refractivity contribution in [3.05, 3.63) is 76.7 Å². The highest BCUT2D eigenvalue weighted by molar-refractivity contribution is 6.05. The Bertz CT molecular complexity index is 1150. The molecule has 0 aliphatic carbocycles. The highest BCUT2D eigenvalue weighted by atomic mass is 19.1. The van der Waals surface area contributed by atoms with Crippen LogP contribution in [0.15, 0.2) is 54.2 Å². The predicted octanol–water partition coefficient (Wildman–Crippen LogP) is 3.65. The molecule has 2 aromatic rings. The number of anilines is 1. The lowest BCUT2D eigenvalue weighted by atomic mass is 9.78. The Balaban J connectivity index is 2.15. The zero-order valence-electron chi connectivity index (χ0n) is 18.7. The van der Waals surface area contributed by atoms with E-state index in [9.17, 15) is 14.0 Å². The predicted molar refractivity (Wildman–Crippen MR) is 125 cm³/mol. The van der Waals surface area contributed by atoms with Gasteiger partial charge in [-0.25, -0.2) is 4.39 Å². The van der Waals surface area contributed by atoms with Crippen LogP contribution in [0, 0.1) is 28.5 Å². The van der Waals surface area contributed by atoms with Gasteiger partial charge in [-0.1, -0.05) is 32.0 Å². The molecule has 0 unspecified atom stereocenters. The molecular formula is C25H26FN5O2. The highest BCUT2D eigenvalue weighted by Gasteiger charge is 2.44. The minimum Gasteiger partial charge on any atom is -0.394 e. The van der Waals surface area contributed by atoms with E-state index in [1.165, 1.54) is 12.1 Å². The largest absolute Gasteiger partial charge is 0.394 e. The molecule has 3 N–H and O–H groups in total. The van der Waals surface area contributed by atoms with Gasteiger partial charge in [0.1, 0.15) is 11.9 Å². The molecule has 0 radical (unpaired) electrons. The van der Waals surface area contributed by atoms with Crippen molar-refractivity contribution in [2.75, 3.05) is 18.9 Å². The molecule has 2 amide bonds. The molecule has 8 heteroatoms. The third-order valence-electron chi connectivity index (χ3n) is 5.46. The average molecular weight is 448 g/mol. The first kappa shape index (κ1) is 23.7. The molecule has 0 fully saturated rings. The van der Waals surface area contributed by atoms with Crippen LogP contribution in [0.4, 0.5) is 10.1 Å². The summed E-state index contributed by atoms with van der Waals surface area (Å²) in [5.74, 6) is -2.00. The van der Waals surface area contributed by atoms with Crippen LogP contribution in [0.3, 0.4) is 0 Å². The highest BCUT2D eigenvalue weighted by Crippen LogP contribution is 2.37. The topological polar surface area (TPSA) is 109 Å². The molecule has 1 heterocycles. The summed E-state index contributed by atoms with van der Waals surface area (Å²) in [6, 6.07) is 11.8. The zero-order chi connectivity index (χ0) is 24.1. The Morgan fingerprint density at radius 1 is 1.30 bits per heavy atom. The summed E-state index contributed by atoms with van der Waals surface area (Å²) >= 11 is 0. The fourth-order valence-corrected chi connectivity index (χ4v) is 4.13. The number of halogens is 1. The zero-order valence-corrected chi connectivity index (χ0v) is 18.7. The van der Waals surface area contributed by atoms with Gasteiger partial charge in [0, 0.05) is 42.8 Å². The first-order valence-electron chi connectivity index (χ1n) is 10.6. The van der Waals surface area contributed by atoms with Gasteiger partial charge >= 0.3 is 0 Å². The molecule has 2 aromatic carbocycles. The standard InChI is InChI=1S/C25H26FN5O2/c1-15(2)14-31-23(17(12-28)13-29-3)22(19-6-4-5-7-20(19)25(31)33)24(32)30-18-8-9-21(26)16(10-18)11-27/h4-10,12-13,15,22-23,28-29H,14H2,1-3H3,(H,30,32)/b17-13+,28-12?/t22-,23+/m0/s1. The SMILES string of the molecule is CN/C=C(\C=N)[C@@H]1[C@@H](C(=O)Nc2ccc(F)c(C#N)c2)c2ccccc2C(=O)N1CC(C)C. The van der Waals surface area contributed by atoms with E-state index in [1.807, 2.05) is 13.8 Å². The van der Waals surface area contributed by atoms with E-state index < -0.39 is 23.7 Å². The number of nitriles is 1. The van der Waals surface area contributed by atoms with Crippen LogP contribution in [0.1, 0.15) is 41.3 Å². The maximum atomic E-state index is 13.8. The summed E-state index contributed by atoms with van der Waals surface area (Å²) in [5, 5.41) is 22.8. The lowest BCUT2D eigenvalue weighted by Gasteiger charge is -2.42. The number of benzene rings is 2. The smallest absolute Gasteiger partial charge is 0.254 e. The second-order valence-corrected chi connectivity index (χ2v) is 8.23. The van der Waals surface area contributed by atoms with Gasteiger partial charge in [0.25, 0.3) is 5.91 Å². The van der Waals surface area contributed by atoms with Crippen molar-refractivity contribution in [1.29, 1.82) is 10.7 Å². The van der Waals surface area contributed by atoms with Crippen molar-refractivity contribution in [1.82, 2.24) is 10.2 Å².